The lowest BCUT2D eigenvalue weighted by molar-refractivity contribution is 0.101. The van der Waals surface area contributed by atoms with Crippen LogP contribution in [0.2, 0.25) is 0 Å². The predicted octanol–water partition coefficient (Wildman–Crippen LogP) is 3.88. The quantitative estimate of drug-likeness (QED) is 0.776. The molecule has 20 heavy (non-hydrogen) atoms. The van der Waals surface area contributed by atoms with Crippen LogP contribution in [-0.2, 0) is 0 Å². The average molecular weight is 273 g/mol. The summed E-state index contributed by atoms with van der Waals surface area (Å²) in [5, 5.41) is 0. The Labute approximate surface area is 117 Å². The van der Waals surface area contributed by atoms with Crippen LogP contribution in [0, 0.1) is 5.82 Å². The SMILES string of the molecule is CCCOc1cncc(-c2cc(C(C)=O)ccc2F)c1. The first kappa shape index (κ1) is 14.2. The van der Waals surface area contributed by atoms with Crippen molar-refractivity contribution in [1.82, 2.24) is 4.98 Å². The minimum atomic E-state index is -0.385. The number of Topliss-reactive ketones (excluding diaryl/α,β-unsaturated/α-hetero) is 1. The number of benzene rings is 1. The number of aromatic nitrogens is 1. The van der Waals surface area contributed by atoms with Gasteiger partial charge in [-0.15, -0.1) is 0 Å². The molecule has 0 bridgehead atoms. The Balaban J connectivity index is 2.40. The second-order valence-electron chi connectivity index (χ2n) is 4.51. The molecular weight excluding hydrogens is 257 g/mol. The van der Waals surface area contributed by atoms with Gasteiger partial charge in [-0.25, -0.2) is 4.39 Å². The van der Waals surface area contributed by atoms with Gasteiger partial charge in [-0.1, -0.05) is 6.92 Å². The number of hydrogen-bond donors (Lipinski definition) is 0. The van der Waals surface area contributed by atoms with Crippen LogP contribution in [0.3, 0.4) is 0 Å². The van der Waals surface area contributed by atoms with Gasteiger partial charge in [0.15, 0.2) is 5.78 Å². The van der Waals surface area contributed by atoms with Crippen molar-refractivity contribution < 1.29 is 13.9 Å². The second-order valence-corrected chi connectivity index (χ2v) is 4.51. The molecule has 0 aliphatic heterocycles. The molecule has 0 aliphatic carbocycles. The predicted molar refractivity (Wildman–Crippen MR) is 75.4 cm³/mol. The standard InChI is InChI=1S/C16H16FNO2/c1-3-6-20-14-7-13(9-18-10-14)15-8-12(11(2)19)4-5-16(15)17/h4-5,7-10H,3,6H2,1-2H3. The molecule has 0 amide bonds. The van der Waals surface area contributed by atoms with Crippen molar-refractivity contribution in [2.45, 2.75) is 20.3 Å². The number of ether oxygens (including phenoxy) is 1. The van der Waals surface area contributed by atoms with Crippen LogP contribution in [0.5, 0.6) is 5.75 Å². The van der Waals surface area contributed by atoms with Crippen LogP contribution in [0.25, 0.3) is 11.1 Å². The summed E-state index contributed by atoms with van der Waals surface area (Å²) in [6.45, 7) is 4.05. The summed E-state index contributed by atoms with van der Waals surface area (Å²) >= 11 is 0. The Kier molecular flexibility index (Phi) is 4.45. The van der Waals surface area contributed by atoms with Gasteiger partial charge in [-0.2, -0.15) is 0 Å². The molecular formula is C16H16FNO2. The molecule has 0 aliphatic rings. The Morgan fingerprint density at radius 2 is 2.10 bits per heavy atom. The van der Waals surface area contributed by atoms with Crippen molar-refractivity contribution >= 4 is 5.78 Å². The Hall–Kier alpha value is -2.23. The third-order valence-corrected chi connectivity index (χ3v) is 2.87. The number of carbonyl (C=O) groups is 1. The van der Waals surface area contributed by atoms with Crippen molar-refractivity contribution in [2.24, 2.45) is 0 Å². The van der Waals surface area contributed by atoms with E-state index in [0.717, 1.165) is 6.42 Å². The van der Waals surface area contributed by atoms with Crippen LogP contribution < -0.4 is 4.74 Å². The number of halogens is 1. The fourth-order valence-corrected chi connectivity index (χ4v) is 1.83. The number of nitrogens with zero attached hydrogens (tertiary/aromatic N) is 1. The molecule has 0 saturated carbocycles. The summed E-state index contributed by atoms with van der Waals surface area (Å²) < 4.78 is 19.4. The lowest BCUT2D eigenvalue weighted by atomic mass is 10.0. The highest BCUT2D eigenvalue weighted by Gasteiger charge is 2.10. The highest BCUT2D eigenvalue weighted by atomic mass is 19.1. The van der Waals surface area contributed by atoms with Gasteiger partial charge in [0.05, 0.1) is 12.8 Å². The topological polar surface area (TPSA) is 39.2 Å². The van der Waals surface area contributed by atoms with Gasteiger partial charge in [-0.05, 0) is 37.6 Å². The molecule has 0 unspecified atom stereocenters. The molecule has 1 heterocycles. The molecule has 1 aromatic carbocycles. The molecule has 0 saturated heterocycles. The molecule has 2 aromatic rings. The van der Waals surface area contributed by atoms with Crippen LogP contribution in [0.4, 0.5) is 4.39 Å². The van der Waals surface area contributed by atoms with Crippen molar-refractivity contribution in [1.29, 1.82) is 0 Å². The van der Waals surface area contributed by atoms with Gasteiger partial charge in [0.2, 0.25) is 0 Å². The Bertz CT molecular complexity index is 626. The molecule has 0 spiro atoms. The van der Waals surface area contributed by atoms with Crippen LogP contribution >= 0.6 is 0 Å². The molecule has 0 atom stereocenters. The maximum absolute atomic E-state index is 13.9. The van der Waals surface area contributed by atoms with Crippen LogP contribution in [-0.4, -0.2) is 17.4 Å². The fraction of sp³-hybridized carbons (Fsp3) is 0.250. The van der Waals surface area contributed by atoms with Gasteiger partial charge >= 0.3 is 0 Å². The lowest BCUT2D eigenvalue weighted by Crippen LogP contribution is -1.97. The zero-order valence-corrected chi connectivity index (χ0v) is 11.5. The van der Waals surface area contributed by atoms with E-state index in [9.17, 15) is 9.18 Å². The summed E-state index contributed by atoms with van der Waals surface area (Å²) in [4.78, 5) is 15.4. The summed E-state index contributed by atoms with van der Waals surface area (Å²) in [5.74, 6) is 0.110. The first-order valence-corrected chi connectivity index (χ1v) is 6.50. The molecule has 0 fully saturated rings. The van der Waals surface area contributed by atoms with Gasteiger partial charge in [0, 0.05) is 22.9 Å². The fourth-order valence-electron chi connectivity index (χ4n) is 1.83. The Morgan fingerprint density at radius 3 is 2.80 bits per heavy atom. The second kappa shape index (κ2) is 6.28. The zero-order valence-electron chi connectivity index (χ0n) is 11.5. The monoisotopic (exact) mass is 273 g/mol. The van der Waals surface area contributed by atoms with Crippen molar-refractivity contribution in [2.75, 3.05) is 6.61 Å². The third kappa shape index (κ3) is 3.20. The number of ketones is 1. The van der Waals surface area contributed by atoms with Gasteiger partial charge in [0.25, 0.3) is 0 Å². The summed E-state index contributed by atoms with van der Waals surface area (Å²) in [7, 11) is 0. The molecule has 0 radical (unpaired) electrons. The first-order valence-electron chi connectivity index (χ1n) is 6.50. The van der Waals surface area contributed by atoms with E-state index in [2.05, 4.69) is 4.98 Å². The van der Waals surface area contributed by atoms with Gasteiger partial charge in [0.1, 0.15) is 11.6 Å². The van der Waals surface area contributed by atoms with Crippen molar-refractivity contribution in [3.8, 4) is 16.9 Å². The number of rotatable bonds is 5. The molecule has 2 rings (SSSR count). The molecule has 104 valence electrons. The minimum absolute atomic E-state index is 0.0994. The summed E-state index contributed by atoms with van der Waals surface area (Å²) in [5.41, 5.74) is 1.42. The van der Waals surface area contributed by atoms with E-state index in [1.165, 1.54) is 25.1 Å². The van der Waals surface area contributed by atoms with Crippen LogP contribution in [0.15, 0.2) is 36.7 Å². The first-order chi connectivity index (χ1) is 9.61. The minimum Gasteiger partial charge on any atom is -0.492 e. The molecule has 1 aromatic heterocycles. The molecule has 4 heteroatoms. The summed E-state index contributed by atoms with van der Waals surface area (Å²) in [6, 6.07) is 6.04. The van der Waals surface area contributed by atoms with E-state index in [1.54, 1.807) is 18.5 Å². The maximum atomic E-state index is 13.9. The van der Waals surface area contributed by atoms with E-state index in [4.69, 9.17) is 4.74 Å². The summed E-state index contributed by atoms with van der Waals surface area (Å²) in [6.07, 6.45) is 4.03. The highest BCUT2D eigenvalue weighted by Crippen LogP contribution is 2.26. The number of carbonyl (C=O) groups excluding carboxylic acids is 1. The maximum Gasteiger partial charge on any atom is 0.159 e. The van der Waals surface area contributed by atoms with Gasteiger partial charge < -0.3 is 4.74 Å². The van der Waals surface area contributed by atoms with E-state index >= 15 is 0 Å². The highest BCUT2D eigenvalue weighted by molar-refractivity contribution is 5.95. The molecule has 3 nitrogen and oxygen atoms in total. The normalized spacial score (nSPS) is 10.3. The van der Waals surface area contributed by atoms with E-state index in [0.29, 0.717) is 29.0 Å². The smallest absolute Gasteiger partial charge is 0.159 e. The van der Waals surface area contributed by atoms with Crippen molar-refractivity contribution in [3.05, 3.63) is 48.0 Å². The van der Waals surface area contributed by atoms with Crippen LogP contribution in [0.1, 0.15) is 30.6 Å². The van der Waals surface area contributed by atoms with Crippen molar-refractivity contribution in [3.63, 3.8) is 0 Å². The molecule has 0 N–H and O–H groups in total. The third-order valence-electron chi connectivity index (χ3n) is 2.87. The van der Waals surface area contributed by atoms with E-state index in [-0.39, 0.29) is 11.6 Å². The zero-order chi connectivity index (χ0) is 14.5. The lowest BCUT2D eigenvalue weighted by Gasteiger charge is -2.08. The van der Waals surface area contributed by atoms with E-state index in [1.807, 2.05) is 6.92 Å². The largest absolute Gasteiger partial charge is 0.492 e. The number of hydrogen-bond acceptors (Lipinski definition) is 3. The number of pyridine rings is 1. The van der Waals surface area contributed by atoms with E-state index < -0.39 is 0 Å². The van der Waals surface area contributed by atoms with Gasteiger partial charge in [-0.3, -0.25) is 9.78 Å². The Morgan fingerprint density at radius 1 is 1.30 bits per heavy atom. The average Bonchev–Trinajstić information content (AvgIpc) is 2.45.